The number of likely N-dealkylation sites (N-methyl/N-ethyl adjacent to an activating group) is 2. The van der Waals surface area contributed by atoms with Crippen LogP contribution in [-0.2, 0) is 32.8 Å². The maximum Gasteiger partial charge on any atom is 0.247 e. The molecular weight excluding hydrogens is 967 g/mol. The maximum absolute atomic E-state index is 14.1. The molecule has 3 aromatic heterocycles. The standard InChI is InChI=1S/C57H73N11O6S/c1-10-50(70)61-44-31-45(63-56-58-26-25-43(62-56)42-35-67(8)46-19-16-15-18-41(42)46)49(74-9)32-47(44)66(7)29-28-65(6)27-17-13-11-12-14-20-51(71)64-53(57(3,4)5)55(73)68-34-40(69)30-48(68)54(72)59-33-38-21-23-39(24-22-38)52-37(2)60-36-75-52/h10,15-16,18-19,21-26,31-32,35-36,40,48,53,69H,1,11-14,17,20,27-30,33-34H2,2-9H3,(H,59,72)(H,61,70)(H,64,71)(H,58,62,63)/t40-,48+,53-/m1/s1. The first-order chi connectivity index (χ1) is 35.9. The Morgan fingerprint density at radius 2 is 1.71 bits per heavy atom. The number of aryl methyl sites for hydroxylation is 2. The van der Waals surface area contributed by atoms with Crippen molar-refractivity contribution in [2.45, 2.75) is 97.4 Å². The fourth-order valence-electron chi connectivity index (χ4n) is 9.43. The highest BCUT2D eigenvalue weighted by atomic mass is 32.1. The summed E-state index contributed by atoms with van der Waals surface area (Å²) in [7, 11) is 7.68. The van der Waals surface area contributed by atoms with Gasteiger partial charge in [-0.2, -0.15) is 0 Å². The van der Waals surface area contributed by atoms with Crippen molar-refractivity contribution < 1.29 is 29.0 Å². The Labute approximate surface area is 444 Å². The topological polar surface area (TPSA) is 199 Å². The summed E-state index contributed by atoms with van der Waals surface area (Å²) in [6, 6.07) is 20.0. The van der Waals surface area contributed by atoms with Crippen molar-refractivity contribution >= 4 is 68.9 Å². The summed E-state index contributed by atoms with van der Waals surface area (Å²) in [4.78, 5) is 74.2. The van der Waals surface area contributed by atoms with Gasteiger partial charge in [0.15, 0.2) is 0 Å². The van der Waals surface area contributed by atoms with E-state index in [0.29, 0.717) is 36.0 Å². The smallest absolute Gasteiger partial charge is 0.247 e. The normalized spacial score (nSPS) is 14.9. The summed E-state index contributed by atoms with van der Waals surface area (Å²) >= 11 is 1.58. The van der Waals surface area contributed by atoms with Gasteiger partial charge in [-0.15, -0.1) is 11.3 Å². The number of hydrogen-bond acceptors (Lipinski definition) is 13. The van der Waals surface area contributed by atoms with Crippen LogP contribution in [0, 0.1) is 12.3 Å². The second kappa shape index (κ2) is 25.4. The molecule has 0 aliphatic carbocycles. The van der Waals surface area contributed by atoms with E-state index in [1.165, 1.54) is 11.0 Å². The quantitative estimate of drug-likeness (QED) is 0.0287. The molecule has 4 heterocycles. The number of carbonyl (C=O) groups is 4. The number of carbonyl (C=O) groups excluding carboxylic acids is 4. The number of hydrogen-bond donors (Lipinski definition) is 5. The predicted molar refractivity (Wildman–Crippen MR) is 299 cm³/mol. The highest BCUT2D eigenvalue weighted by Gasteiger charge is 2.44. The Kier molecular flexibility index (Phi) is 18.8. The Morgan fingerprint density at radius 3 is 2.43 bits per heavy atom. The van der Waals surface area contributed by atoms with Crippen molar-refractivity contribution in [1.29, 1.82) is 0 Å². The first-order valence-electron chi connectivity index (χ1n) is 25.7. The minimum Gasteiger partial charge on any atom is -0.494 e. The van der Waals surface area contributed by atoms with Crippen LogP contribution in [0.3, 0.4) is 0 Å². The van der Waals surface area contributed by atoms with Crippen molar-refractivity contribution in [1.82, 2.24) is 40.0 Å². The van der Waals surface area contributed by atoms with Gasteiger partial charge in [0.1, 0.15) is 17.8 Å². The lowest BCUT2D eigenvalue weighted by atomic mass is 9.85. The summed E-state index contributed by atoms with van der Waals surface area (Å²) in [5.41, 5.74) is 8.91. The molecule has 4 amide bonds. The van der Waals surface area contributed by atoms with Gasteiger partial charge in [0.05, 0.1) is 52.1 Å². The van der Waals surface area contributed by atoms with Gasteiger partial charge in [0, 0.05) is 88.0 Å². The largest absolute Gasteiger partial charge is 0.494 e. The second-order valence-electron chi connectivity index (χ2n) is 20.5. The molecule has 1 aliphatic rings. The lowest BCUT2D eigenvalue weighted by Gasteiger charge is -2.35. The van der Waals surface area contributed by atoms with Crippen molar-refractivity contribution in [3.63, 3.8) is 0 Å². The van der Waals surface area contributed by atoms with Crippen LogP contribution in [-0.4, -0.2) is 124 Å². The number of anilines is 4. The van der Waals surface area contributed by atoms with Crippen LogP contribution in [0.25, 0.3) is 32.6 Å². The molecule has 0 unspecified atom stereocenters. The number of para-hydroxylation sites is 1. The lowest BCUT2D eigenvalue weighted by molar-refractivity contribution is -0.144. The average Bonchev–Trinajstić information content (AvgIpc) is 4.12. The van der Waals surface area contributed by atoms with E-state index in [9.17, 15) is 24.3 Å². The zero-order chi connectivity index (χ0) is 53.8. The van der Waals surface area contributed by atoms with E-state index in [1.807, 2.05) is 102 Å². The first kappa shape index (κ1) is 55.6. The van der Waals surface area contributed by atoms with E-state index in [4.69, 9.17) is 9.72 Å². The predicted octanol–water partition coefficient (Wildman–Crippen LogP) is 8.46. The zero-order valence-electron chi connectivity index (χ0n) is 44.6. The number of nitrogens with one attached hydrogen (secondary N) is 4. The number of benzene rings is 3. The van der Waals surface area contributed by atoms with Crippen molar-refractivity contribution in [3.8, 4) is 27.4 Å². The van der Waals surface area contributed by atoms with E-state index in [1.54, 1.807) is 24.6 Å². The first-order valence-corrected chi connectivity index (χ1v) is 26.6. The van der Waals surface area contributed by atoms with Gasteiger partial charge in [0.25, 0.3) is 0 Å². The van der Waals surface area contributed by atoms with Gasteiger partial charge in [-0.25, -0.2) is 15.0 Å². The molecule has 18 heteroatoms. The van der Waals surface area contributed by atoms with Gasteiger partial charge in [-0.3, -0.25) is 19.2 Å². The van der Waals surface area contributed by atoms with Crippen LogP contribution < -0.4 is 30.9 Å². The van der Waals surface area contributed by atoms with Gasteiger partial charge >= 0.3 is 0 Å². The Morgan fingerprint density at radius 1 is 0.960 bits per heavy atom. The summed E-state index contributed by atoms with van der Waals surface area (Å²) in [6.07, 6.45) is 9.08. The third-order valence-corrected chi connectivity index (χ3v) is 14.7. The van der Waals surface area contributed by atoms with E-state index in [2.05, 4.69) is 77.6 Å². The molecule has 398 valence electrons. The third-order valence-electron chi connectivity index (χ3n) is 13.7. The van der Waals surface area contributed by atoms with E-state index < -0.39 is 23.6 Å². The van der Waals surface area contributed by atoms with Crippen LogP contribution in [0.2, 0.25) is 0 Å². The van der Waals surface area contributed by atoms with E-state index in [0.717, 1.165) is 88.3 Å². The molecule has 17 nitrogen and oxygen atoms in total. The van der Waals surface area contributed by atoms with Gasteiger partial charge in [0.2, 0.25) is 29.6 Å². The fraction of sp³-hybridized carbons (Fsp3) is 0.421. The number of likely N-dealkylation sites (tertiary alicyclic amines) is 1. The summed E-state index contributed by atoms with van der Waals surface area (Å²) in [5, 5.41) is 24.0. The summed E-state index contributed by atoms with van der Waals surface area (Å²) < 4.78 is 7.93. The molecule has 1 saturated heterocycles. The number of rotatable bonds is 24. The molecule has 5 N–H and O–H groups in total. The fourth-order valence-corrected chi connectivity index (χ4v) is 10.2. The molecule has 0 saturated carbocycles. The average molecular weight is 1040 g/mol. The number of nitrogens with zero attached hydrogens (tertiary/aromatic N) is 7. The zero-order valence-corrected chi connectivity index (χ0v) is 45.4. The molecule has 75 heavy (non-hydrogen) atoms. The summed E-state index contributed by atoms with van der Waals surface area (Å²) in [5.74, 6) is -0.337. The minimum absolute atomic E-state index is 0.0212. The van der Waals surface area contributed by atoms with Crippen LogP contribution in [0.15, 0.2) is 97.3 Å². The van der Waals surface area contributed by atoms with Crippen molar-refractivity contribution in [2.24, 2.45) is 12.5 Å². The highest BCUT2D eigenvalue weighted by Crippen LogP contribution is 2.39. The van der Waals surface area contributed by atoms with E-state index in [-0.39, 0.29) is 49.6 Å². The number of aliphatic hydroxyl groups is 1. The van der Waals surface area contributed by atoms with Crippen LogP contribution in [0.5, 0.6) is 5.75 Å². The number of aromatic nitrogens is 4. The number of fused-ring (bicyclic) bond motifs is 1. The molecule has 1 fully saturated rings. The van der Waals surface area contributed by atoms with E-state index >= 15 is 0 Å². The van der Waals surface area contributed by atoms with Gasteiger partial charge in [-0.1, -0.05) is 89.1 Å². The number of thiazole rings is 1. The summed E-state index contributed by atoms with van der Waals surface area (Å²) in [6.45, 7) is 13.9. The number of methoxy groups -OCH3 is 1. The SMILES string of the molecule is C=CC(=O)Nc1cc(Nc2nccc(-c3cn(C)c4ccccc34)n2)c(OC)cc1N(C)CCN(C)CCCCCCCC(=O)N[C@H](C(=O)N1C[C@H](O)C[C@H]1C(=O)NCc1ccc(-c2scnc2C)cc1)C(C)(C)C. The Hall–Kier alpha value is -7.15. The molecule has 3 atom stereocenters. The molecule has 6 aromatic rings. The second-order valence-corrected chi connectivity index (χ2v) is 21.4. The van der Waals surface area contributed by atoms with Crippen LogP contribution in [0.1, 0.15) is 77.0 Å². The van der Waals surface area contributed by atoms with Crippen molar-refractivity contribution in [2.75, 3.05) is 62.9 Å². The lowest BCUT2D eigenvalue weighted by Crippen LogP contribution is -2.57. The Bertz CT molecular complexity index is 2950. The van der Waals surface area contributed by atoms with Crippen molar-refractivity contribution in [3.05, 3.63) is 109 Å². The van der Waals surface area contributed by atoms with Crippen LogP contribution in [0.4, 0.5) is 23.0 Å². The molecule has 0 spiro atoms. The number of amides is 4. The number of ether oxygens (including phenoxy) is 1. The number of β-amino-alcohol motifs (C(OH)–C–C–N with tert-alkyl or cyclic N) is 1. The monoisotopic (exact) mass is 1040 g/mol. The molecule has 3 aromatic carbocycles. The number of unbranched alkanes of at least 4 members (excludes halogenated alkanes) is 4. The highest BCUT2D eigenvalue weighted by molar-refractivity contribution is 7.13. The maximum atomic E-state index is 14.1. The third kappa shape index (κ3) is 14.4. The molecule has 1 aliphatic heterocycles. The molecular formula is C57H73N11O6S. The number of aliphatic hydroxyl groups excluding tert-OH is 1. The molecule has 0 radical (unpaired) electrons. The molecule has 0 bridgehead atoms. The van der Waals surface area contributed by atoms with Gasteiger partial charge in [-0.05, 0) is 74.2 Å². The van der Waals surface area contributed by atoms with Gasteiger partial charge < -0.3 is 50.4 Å². The minimum atomic E-state index is -0.871. The van der Waals surface area contributed by atoms with Crippen LogP contribution >= 0.6 is 11.3 Å². The molecule has 7 rings (SSSR count). The Balaban J connectivity index is 0.844.